The molecule has 0 radical (unpaired) electrons. The van der Waals surface area contributed by atoms with Crippen molar-refractivity contribution in [1.82, 2.24) is 9.55 Å². The molecule has 0 aromatic carbocycles. The van der Waals surface area contributed by atoms with E-state index in [0.29, 0.717) is 12.5 Å². The van der Waals surface area contributed by atoms with Crippen molar-refractivity contribution >= 4 is 0 Å². The Morgan fingerprint density at radius 3 is 3.08 bits per heavy atom. The third kappa shape index (κ3) is 1.95. The summed E-state index contributed by atoms with van der Waals surface area (Å²) in [6.07, 6.45) is 6.22. The lowest BCUT2D eigenvalue weighted by molar-refractivity contribution is 0.130. The molecule has 1 aliphatic carbocycles. The molecular weight excluding hydrogens is 168 g/mol. The minimum Gasteiger partial charge on any atom is -0.391 e. The van der Waals surface area contributed by atoms with Gasteiger partial charge in [-0.05, 0) is 18.8 Å². The first-order valence-electron chi connectivity index (χ1n) is 4.46. The van der Waals surface area contributed by atoms with E-state index in [9.17, 15) is 9.90 Å². The number of hydrogen-bond donors (Lipinski definition) is 1. The summed E-state index contributed by atoms with van der Waals surface area (Å²) in [5, 5.41) is 9.59. The topological polar surface area (TPSA) is 55.1 Å². The van der Waals surface area contributed by atoms with Gasteiger partial charge in [-0.3, -0.25) is 9.78 Å². The molecule has 4 nitrogen and oxygen atoms in total. The molecular formula is C9H12N2O2. The molecule has 0 amide bonds. The van der Waals surface area contributed by atoms with Crippen molar-refractivity contribution in [3.63, 3.8) is 0 Å². The third-order valence-corrected chi connectivity index (χ3v) is 2.35. The molecule has 1 heterocycles. The van der Waals surface area contributed by atoms with Crippen molar-refractivity contribution < 1.29 is 5.11 Å². The third-order valence-electron chi connectivity index (χ3n) is 2.35. The molecule has 1 atom stereocenters. The highest BCUT2D eigenvalue weighted by Gasteiger charge is 2.29. The van der Waals surface area contributed by atoms with E-state index in [2.05, 4.69) is 4.98 Å². The summed E-state index contributed by atoms with van der Waals surface area (Å²) < 4.78 is 1.50. The van der Waals surface area contributed by atoms with E-state index in [1.165, 1.54) is 10.8 Å². The van der Waals surface area contributed by atoms with E-state index < -0.39 is 0 Å². The SMILES string of the molecule is O=c1cnccn1CC(O)C1CC1. The highest BCUT2D eigenvalue weighted by atomic mass is 16.3. The van der Waals surface area contributed by atoms with Crippen LogP contribution in [0.25, 0.3) is 0 Å². The second-order valence-electron chi connectivity index (χ2n) is 3.47. The van der Waals surface area contributed by atoms with Gasteiger partial charge in [0.15, 0.2) is 0 Å². The Balaban J connectivity index is 2.08. The van der Waals surface area contributed by atoms with Crippen molar-refractivity contribution in [2.45, 2.75) is 25.5 Å². The number of hydrogen-bond acceptors (Lipinski definition) is 3. The molecule has 1 fully saturated rings. The van der Waals surface area contributed by atoms with Crippen molar-refractivity contribution in [1.29, 1.82) is 0 Å². The van der Waals surface area contributed by atoms with Crippen LogP contribution in [-0.4, -0.2) is 20.8 Å². The van der Waals surface area contributed by atoms with E-state index in [-0.39, 0.29) is 11.7 Å². The van der Waals surface area contributed by atoms with Gasteiger partial charge < -0.3 is 9.67 Å². The largest absolute Gasteiger partial charge is 0.391 e. The molecule has 0 saturated heterocycles. The van der Waals surface area contributed by atoms with Gasteiger partial charge in [-0.1, -0.05) is 0 Å². The van der Waals surface area contributed by atoms with Crippen molar-refractivity contribution in [2.24, 2.45) is 5.92 Å². The van der Waals surface area contributed by atoms with Crippen molar-refractivity contribution in [3.8, 4) is 0 Å². The van der Waals surface area contributed by atoms with Crippen LogP contribution >= 0.6 is 0 Å². The molecule has 0 bridgehead atoms. The maximum Gasteiger partial charge on any atom is 0.269 e. The van der Waals surface area contributed by atoms with E-state index in [0.717, 1.165) is 12.8 Å². The summed E-state index contributed by atoms with van der Waals surface area (Å²) in [4.78, 5) is 14.9. The molecule has 4 heteroatoms. The summed E-state index contributed by atoms with van der Waals surface area (Å²) in [5.74, 6) is 0.403. The Morgan fingerprint density at radius 1 is 1.69 bits per heavy atom. The van der Waals surface area contributed by atoms with Crippen LogP contribution in [0.4, 0.5) is 0 Å². The molecule has 1 saturated carbocycles. The zero-order chi connectivity index (χ0) is 9.26. The van der Waals surface area contributed by atoms with Crippen LogP contribution in [0.5, 0.6) is 0 Å². The minimum absolute atomic E-state index is 0.151. The Morgan fingerprint density at radius 2 is 2.46 bits per heavy atom. The highest BCUT2D eigenvalue weighted by molar-refractivity contribution is 4.85. The Hall–Kier alpha value is -1.16. The van der Waals surface area contributed by atoms with Gasteiger partial charge in [-0.15, -0.1) is 0 Å². The fraction of sp³-hybridized carbons (Fsp3) is 0.556. The molecule has 70 valence electrons. The summed E-state index contributed by atoms with van der Waals surface area (Å²) >= 11 is 0. The van der Waals surface area contributed by atoms with Crippen molar-refractivity contribution in [3.05, 3.63) is 28.9 Å². The quantitative estimate of drug-likeness (QED) is 0.713. The molecule has 1 aromatic rings. The maximum atomic E-state index is 11.2. The van der Waals surface area contributed by atoms with Gasteiger partial charge in [0.1, 0.15) is 0 Å². The normalized spacial score (nSPS) is 18.5. The average Bonchev–Trinajstić information content (AvgIpc) is 2.91. The highest BCUT2D eigenvalue weighted by Crippen LogP contribution is 2.32. The van der Waals surface area contributed by atoms with Gasteiger partial charge >= 0.3 is 0 Å². The van der Waals surface area contributed by atoms with E-state index in [1.807, 2.05) is 0 Å². The van der Waals surface area contributed by atoms with Gasteiger partial charge in [0.25, 0.3) is 5.56 Å². The Bertz CT molecular complexity index is 343. The fourth-order valence-corrected chi connectivity index (χ4v) is 1.36. The second kappa shape index (κ2) is 3.30. The average molecular weight is 180 g/mol. The lowest BCUT2D eigenvalue weighted by Crippen LogP contribution is -2.26. The standard InChI is InChI=1S/C9H12N2O2/c12-8(7-1-2-7)6-11-4-3-10-5-9(11)13/h3-5,7-8,12H,1-2,6H2. The molecule has 1 aromatic heterocycles. The van der Waals surface area contributed by atoms with Crippen LogP contribution in [-0.2, 0) is 6.54 Å². The van der Waals surface area contributed by atoms with Crippen LogP contribution in [0.3, 0.4) is 0 Å². The molecule has 0 spiro atoms. The molecule has 1 unspecified atom stereocenters. The molecule has 13 heavy (non-hydrogen) atoms. The van der Waals surface area contributed by atoms with Crippen molar-refractivity contribution in [2.75, 3.05) is 0 Å². The zero-order valence-corrected chi connectivity index (χ0v) is 7.26. The number of aliphatic hydroxyl groups is 1. The summed E-state index contributed by atoms with van der Waals surface area (Å²) in [6, 6.07) is 0. The van der Waals surface area contributed by atoms with Gasteiger partial charge in [-0.2, -0.15) is 0 Å². The van der Waals surface area contributed by atoms with Gasteiger partial charge in [0.05, 0.1) is 18.8 Å². The van der Waals surface area contributed by atoms with E-state index in [4.69, 9.17) is 0 Å². The van der Waals surface area contributed by atoms with Crippen LogP contribution in [0.1, 0.15) is 12.8 Å². The van der Waals surface area contributed by atoms with Gasteiger partial charge in [-0.25, -0.2) is 0 Å². The maximum absolute atomic E-state index is 11.2. The summed E-state index contributed by atoms with van der Waals surface area (Å²) in [7, 11) is 0. The monoisotopic (exact) mass is 180 g/mol. The summed E-state index contributed by atoms with van der Waals surface area (Å²) in [5.41, 5.74) is -0.151. The lowest BCUT2D eigenvalue weighted by atomic mass is 10.2. The predicted molar refractivity (Wildman–Crippen MR) is 47.2 cm³/mol. The summed E-state index contributed by atoms with van der Waals surface area (Å²) in [6.45, 7) is 0.395. The first-order valence-corrected chi connectivity index (χ1v) is 4.46. The first kappa shape index (κ1) is 8.44. The first-order chi connectivity index (χ1) is 6.27. The number of rotatable bonds is 3. The number of aromatic nitrogens is 2. The molecule has 1 aliphatic rings. The van der Waals surface area contributed by atoms with Crippen LogP contribution < -0.4 is 5.56 Å². The zero-order valence-electron chi connectivity index (χ0n) is 7.26. The molecule has 2 rings (SSSR count). The van der Waals surface area contributed by atoms with Crippen LogP contribution in [0, 0.1) is 5.92 Å². The number of nitrogens with zero attached hydrogens (tertiary/aromatic N) is 2. The van der Waals surface area contributed by atoms with Crippen LogP contribution in [0.15, 0.2) is 23.4 Å². The minimum atomic E-state index is -0.375. The molecule has 1 N–H and O–H groups in total. The number of aliphatic hydroxyl groups excluding tert-OH is 1. The predicted octanol–water partition coefficient (Wildman–Crippen LogP) is 0.0142. The lowest BCUT2D eigenvalue weighted by Gasteiger charge is -2.10. The second-order valence-corrected chi connectivity index (χ2v) is 3.47. The van der Waals surface area contributed by atoms with Crippen LogP contribution in [0.2, 0.25) is 0 Å². The fourth-order valence-electron chi connectivity index (χ4n) is 1.36. The Labute approximate surface area is 75.9 Å². The van der Waals surface area contributed by atoms with Gasteiger partial charge in [0, 0.05) is 12.4 Å². The smallest absolute Gasteiger partial charge is 0.269 e. The van der Waals surface area contributed by atoms with E-state index in [1.54, 1.807) is 12.4 Å². The Kier molecular flexibility index (Phi) is 2.14. The molecule has 0 aliphatic heterocycles. The van der Waals surface area contributed by atoms with Gasteiger partial charge in [0.2, 0.25) is 0 Å². The van der Waals surface area contributed by atoms with E-state index >= 15 is 0 Å².